The lowest BCUT2D eigenvalue weighted by Crippen LogP contribution is -2.22. The molecule has 1 heterocycles. The Morgan fingerprint density at radius 2 is 1.73 bits per heavy atom. The van der Waals surface area contributed by atoms with Crippen molar-refractivity contribution in [3.63, 3.8) is 0 Å². The van der Waals surface area contributed by atoms with Crippen molar-refractivity contribution in [3.8, 4) is 17.2 Å². The van der Waals surface area contributed by atoms with Gasteiger partial charge in [0.2, 0.25) is 11.2 Å². The van der Waals surface area contributed by atoms with Gasteiger partial charge in [0, 0.05) is 11.1 Å². The smallest absolute Gasteiger partial charge is 0.314 e. The van der Waals surface area contributed by atoms with Gasteiger partial charge in [-0.3, -0.25) is 9.59 Å². The van der Waals surface area contributed by atoms with Gasteiger partial charge in [0.25, 0.3) is 0 Å². The number of halogens is 1. The van der Waals surface area contributed by atoms with Crippen LogP contribution in [0.1, 0.15) is 43.2 Å². The number of ether oxygens (including phenoxy) is 2. The molecule has 1 aliphatic rings. The van der Waals surface area contributed by atoms with Crippen LogP contribution >= 0.6 is 11.6 Å². The Kier molecular flexibility index (Phi) is 5.82. The Balaban J connectivity index is 1.57. The number of hydrogen-bond acceptors (Lipinski definition) is 5. The van der Waals surface area contributed by atoms with Crippen molar-refractivity contribution in [2.75, 3.05) is 0 Å². The zero-order chi connectivity index (χ0) is 21.3. The molecular weight excluding hydrogens is 404 g/mol. The summed E-state index contributed by atoms with van der Waals surface area (Å²) in [5.74, 6) is 0.696. The number of carbonyl (C=O) groups is 1. The van der Waals surface area contributed by atoms with Crippen LogP contribution in [0.5, 0.6) is 17.2 Å². The molecule has 0 N–H and O–H groups in total. The molecule has 0 bridgehead atoms. The third-order valence-electron chi connectivity index (χ3n) is 5.51. The van der Waals surface area contributed by atoms with Gasteiger partial charge >= 0.3 is 5.97 Å². The van der Waals surface area contributed by atoms with Crippen LogP contribution in [0.3, 0.4) is 0 Å². The summed E-state index contributed by atoms with van der Waals surface area (Å²) in [5.41, 5.74) is 1.76. The van der Waals surface area contributed by atoms with E-state index in [1.54, 1.807) is 30.3 Å². The van der Waals surface area contributed by atoms with Gasteiger partial charge in [0.05, 0.1) is 11.3 Å². The molecule has 30 heavy (non-hydrogen) atoms. The topological polar surface area (TPSA) is 65.7 Å². The van der Waals surface area contributed by atoms with Crippen LogP contribution in [0.4, 0.5) is 0 Å². The number of rotatable bonds is 4. The van der Waals surface area contributed by atoms with Crippen LogP contribution in [0.15, 0.2) is 45.8 Å². The van der Waals surface area contributed by atoms with Gasteiger partial charge in [0.1, 0.15) is 23.3 Å². The highest BCUT2D eigenvalue weighted by molar-refractivity contribution is 6.32. The van der Waals surface area contributed by atoms with E-state index in [-0.39, 0.29) is 23.1 Å². The van der Waals surface area contributed by atoms with E-state index in [0.717, 1.165) is 36.8 Å². The summed E-state index contributed by atoms with van der Waals surface area (Å²) in [6.07, 6.45) is 6.29. The maximum atomic E-state index is 12.8. The molecular formula is C24H23ClO5. The van der Waals surface area contributed by atoms with E-state index in [4.69, 9.17) is 25.5 Å². The highest BCUT2D eigenvalue weighted by Crippen LogP contribution is 2.30. The van der Waals surface area contributed by atoms with E-state index in [0.29, 0.717) is 27.5 Å². The summed E-state index contributed by atoms with van der Waals surface area (Å²) >= 11 is 6.19. The minimum atomic E-state index is -0.299. The molecule has 0 aliphatic heterocycles. The Morgan fingerprint density at radius 3 is 2.43 bits per heavy atom. The standard InChI is InChI=1S/C24H23ClO5/c1-14-10-18(11-15(2)22(14)25)29-21-13-28-20-12-17(8-9-19(20)23(21)26)30-24(27)16-6-4-3-5-7-16/h8-13,16H,3-7H2,1-2H3. The molecule has 0 amide bonds. The lowest BCUT2D eigenvalue weighted by molar-refractivity contribution is -0.139. The number of benzene rings is 2. The number of hydrogen-bond donors (Lipinski definition) is 0. The zero-order valence-electron chi connectivity index (χ0n) is 17.0. The highest BCUT2D eigenvalue weighted by Gasteiger charge is 2.23. The highest BCUT2D eigenvalue weighted by atomic mass is 35.5. The third kappa shape index (κ3) is 4.21. The summed E-state index contributed by atoms with van der Waals surface area (Å²) < 4.78 is 16.9. The maximum Gasteiger partial charge on any atom is 0.314 e. The van der Waals surface area contributed by atoms with Crippen molar-refractivity contribution in [1.82, 2.24) is 0 Å². The van der Waals surface area contributed by atoms with Crippen LogP contribution in [0, 0.1) is 19.8 Å². The van der Waals surface area contributed by atoms with E-state index < -0.39 is 0 Å². The molecule has 0 atom stereocenters. The average Bonchev–Trinajstić information content (AvgIpc) is 2.74. The van der Waals surface area contributed by atoms with Gasteiger partial charge in [-0.1, -0.05) is 30.9 Å². The molecule has 6 heteroatoms. The lowest BCUT2D eigenvalue weighted by Gasteiger charge is -2.19. The fraction of sp³-hybridized carbons (Fsp3) is 0.333. The molecule has 3 aromatic rings. The van der Waals surface area contributed by atoms with Crippen LogP contribution in [-0.2, 0) is 4.79 Å². The van der Waals surface area contributed by atoms with Crippen molar-refractivity contribution in [2.45, 2.75) is 46.0 Å². The molecule has 0 radical (unpaired) electrons. The molecule has 1 aromatic heterocycles. The normalized spacial score (nSPS) is 14.6. The van der Waals surface area contributed by atoms with E-state index >= 15 is 0 Å². The maximum absolute atomic E-state index is 12.8. The van der Waals surface area contributed by atoms with Gasteiger partial charge in [0.15, 0.2) is 0 Å². The second-order valence-corrected chi connectivity index (χ2v) is 8.19. The summed E-state index contributed by atoms with van der Waals surface area (Å²) in [6, 6.07) is 8.31. The Bertz CT molecular complexity index is 1130. The van der Waals surface area contributed by atoms with Crippen molar-refractivity contribution in [3.05, 3.63) is 63.0 Å². The number of carbonyl (C=O) groups excluding carboxylic acids is 1. The minimum Gasteiger partial charge on any atom is -0.460 e. The second kappa shape index (κ2) is 8.52. The first-order chi connectivity index (χ1) is 14.4. The van der Waals surface area contributed by atoms with Crippen molar-refractivity contribution in [1.29, 1.82) is 0 Å². The molecule has 2 aromatic carbocycles. The van der Waals surface area contributed by atoms with Crippen LogP contribution in [0.2, 0.25) is 5.02 Å². The molecule has 1 fully saturated rings. The predicted octanol–water partition coefficient (Wildman–Crippen LogP) is 6.34. The molecule has 0 unspecified atom stereocenters. The Hall–Kier alpha value is -2.79. The van der Waals surface area contributed by atoms with Gasteiger partial charge in [-0.15, -0.1) is 0 Å². The quantitative estimate of drug-likeness (QED) is 0.359. The van der Waals surface area contributed by atoms with E-state index in [2.05, 4.69) is 0 Å². The summed E-state index contributed by atoms with van der Waals surface area (Å²) in [6.45, 7) is 3.75. The number of fused-ring (bicyclic) bond motifs is 1. The van der Waals surface area contributed by atoms with E-state index in [9.17, 15) is 9.59 Å². The number of aryl methyl sites for hydroxylation is 2. The largest absolute Gasteiger partial charge is 0.460 e. The first-order valence-corrected chi connectivity index (χ1v) is 10.5. The Labute approximate surface area is 179 Å². The molecule has 0 spiro atoms. The van der Waals surface area contributed by atoms with Gasteiger partial charge < -0.3 is 13.9 Å². The van der Waals surface area contributed by atoms with Crippen LogP contribution < -0.4 is 14.9 Å². The lowest BCUT2D eigenvalue weighted by atomic mass is 9.89. The average molecular weight is 427 g/mol. The van der Waals surface area contributed by atoms with Gasteiger partial charge in [-0.05, 0) is 62.1 Å². The fourth-order valence-corrected chi connectivity index (χ4v) is 3.96. The first kappa shape index (κ1) is 20.5. The number of esters is 1. The molecule has 156 valence electrons. The van der Waals surface area contributed by atoms with Crippen molar-refractivity contribution in [2.24, 2.45) is 5.92 Å². The van der Waals surface area contributed by atoms with Gasteiger partial charge in [-0.25, -0.2) is 0 Å². The molecule has 1 aliphatic carbocycles. The summed E-state index contributed by atoms with van der Waals surface area (Å²) in [5, 5.41) is 1.02. The van der Waals surface area contributed by atoms with E-state index in [1.165, 1.54) is 12.7 Å². The summed E-state index contributed by atoms with van der Waals surface area (Å²) in [7, 11) is 0. The van der Waals surface area contributed by atoms with Gasteiger partial charge in [-0.2, -0.15) is 0 Å². The summed E-state index contributed by atoms with van der Waals surface area (Å²) in [4.78, 5) is 25.2. The van der Waals surface area contributed by atoms with Crippen molar-refractivity contribution >= 4 is 28.5 Å². The molecule has 5 nitrogen and oxygen atoms in total. The van der Waals surface area contributed by atoms with Crippen LogP contribution in [-0.4, -0.2) is 5.97 Å². The Morgan fingerprint density at radius 1 is 1.03 bits per heavy atom. The molecule has 1 saturated carbocycles. The second-order valence-electron chi connectivity index (χ2n) is 7.82. The fourth-order valence-electron chi connectivity index (χ4n) is 3.85. The first-order valence-electron chi connectivity index (χ1n) is 10.1. The monoisotopic (exact) mass is 426 g/mol. The van der Waals surface area contributed by atoms with Crippen molar-refractivity contribution < 1.29 is 18.7 Å². The van der Waals surface area contributed by atoms with Crippen LogP contribution in [0.25, 0.3) is 11.0 Å². The third-order valence-corrected chi connectivity index (χ3v) is 6.11. The molecule has 0 saturated heterocycles. The minimum absolute atomic E-state index is 0.0523. The zero-order valence-corrected chi connectivity index (χ0v) is 17.8. The molecule has 4 rings (SSSR count). The van der Waals surface area contributed by atoms with E-state index in [1.807, 2.05) is 13.8 Å². The predicted molar refractivity (Wildman–Crippen MR) is 116 cm³/mol. The SMILES string of the molecule is Cc1cc(Oc2coc3cc(OC(=O)C4CCCCC4)ccc3c2=O)cc(C)c1Cl.